The summed E-state index contributed by atoms with van der Waals surface area (Å²) in [5.74, 6) is 0. The maximum absolute atomic E-state index is 4.54. The monoisotopic (exact) mass is 563 g/mol. The quantitative estimate of drug-likeness (QED) is 0.201. The van der Waals surface area contributed by atoms with Crippen LogP contribution in [0.25, 0.3) is 49.9 Å². The lowest BCUT2D eigenvalue weighted by molar-refractivity contribution is 1.18. The third kappa shape index (κ3) is 4.52. The van der Waals surface area contributed by atoms with Crippen molar-refractivity contribution in [2.24, 2.45) is 0 Å². The fraction of sp³-hybridized carbons (Fsp3) is 0. The summed E-state index contributed by atoms with van der Waals surface area (Å²) < 4.78 is 2.37. The fourth-order valence-corrected chi connectivity index (χ4v) is 6.24. The summed E-state index contributed by atoms with van der Waals surface area (Å²) in [6.07, 6.45) is 1.84. The van der Waals surface area contributed by atoms with E-state index < -0.39 is 0 Å². The number of hydrogen-bond acceptors (Lipinski definition) is 2. The number of nitrogens with zero attached hydrogens (tertiary/aromatic N) is 3. The van der Waals surface area contributed by atoms with Gasteiger partial charge in [0.15, 0.2) is 0 Å². The van der Waals surface area contributed by atoms with Crippen molar-refractivity contribution in [2.45, 2.75) is 0 Å². The molecule has 0 unspecified atom stereocenters. The molecule has 44 heavy (non-hydrogen) atoms. The molecule has 0 radical (unpaired) electrons. The molecule has 0 atom stereocenters. The second kappa shape index (κ2) is 11.0. The minimum atomic E-state index is 0.972. The Bertz CT molecular complexity index is 2200. The Labute approximate surface area is 256 Å². The van der Waals surface area contributed by atoms with Crippen LogP contribution < -0.4 is 4.90 Å². The Morgan fingerprint density at radius 3 is 1.91 bits per heavy atom. The predicted molar refractivity (Wildman–Crippen MR) is 184 cm³/mol. The van der Waals surface area contributed by atoms with Gasteiger partial charge in [-0.1, -0.05) is 103 Å². The van der Waals surface area contributed by atoms with Crippen LogP contribution in [0.3, 0.4) is 0 Å². The van der Waals surface area contributed by atoms with Gasteiger partial charge >= 0.3 is 0 Å². The molecule has 2 aromatic heterocycles. The molecule has 2 heterocycles. The zero-order valence-corrected chi connectivity index (χ0v) is 24.1. The number of rotatable bonds is 6. The van der Waals surface area contributed by atoms with Gasteiger partial charge in [-0.2, -0.15) is 0 Å². The number of para-hydroxylation sites is 2. The predicted octanol–water partition coefficient (Wildman–Crippen LogP) is 11.0. The van der Waals surface area contributed by atoms with E-state index in [0.717, 1.165) is 39.5 Å². The minimum absolute atomic E-state index is 0.972. The van der Waals surface area contributed by atoms with Crippen molar-refractivity contribution < 1.29 is 0 Å². The number of hydrogen-bond donors (Lipinski definition) is 0. The molecule has 0 bridgehead atoms. The molecule has 208 valence electrons. The van der Waals surface area contributed by atoms with Gasteiger partial charge in [0, 0.05) is 39.6 Å². The summed E-state index contributed by atoms with van der Waals surface area (Å²) in [5.41, 5.74) is 11.3. The lowest BCUT2D eigenvalue weighted by Crippen LogP contribution is -2.10. The van der Waals surface area contributed by atoms with E-state index in [-0.39, 0.29) is 0 Å². The van der Waals surface area contributed by atoms with Gasteiger partial charge in [0.1, 0.15) is 0 Å². The van der Waals surface area contributed by atoms with Crippen LogP contribution in [0, 0.1) is 0 Å². The smallest absolute Gasteiger partial charge is 0.0701 e. The van der Waals surface area contributed by atoms with Crippen LogP contribution >= 0.6 is 0 Å². The molecule has 0 saturated carbocycles. The highest BCUT2D eigenvalue weighted by molar-refractivity contribution is 6.16. The standard InChI is InChI=1S/C41H29N3/c1-3-13-30(14-4-1)32-15-11-18-35(29-32)43(33-16-5-2-6-17-33)39-22-12-23-40-41(39)36-19-7-8-21-38(36)44(40)34-26-24-31(25-27-34)37-20-9-10-28-42-37/h1-29H. The Morgan fingerprint density at radius 1 is 0.455 bits per heavy atom. The maximum Gasteiger partial charge on any atom is 0.0701 e. The minimum Gasteiger partial charge on any atom is -0.310 e. The molecular weight excluding hydrogens is 534 g/mol. The first-order chi connectivity index (χ1) is 21.8. The Morgan fingerprint density at radius 2 is 1.11 bits per heavy atom. The molecule has 0 N–H and O–H groups in total. The van der Waals surface area contributed by atoms with Crippen molar-refractivity contribution in [3.8, 4) is 28.1 Å². The van der Waals surface area contributed by atoms with Crippen molar-refractivity contribution in [1.82, 2.24) is 9.55 Å². The van der Waals surface area contributed by atoms with Crippen molar-refractivity contribution in [1.29, 1.82) is 0 Å². The Hall–Kier alpha value is -5.93. The van der Waals surface area contributed by atoms with Gasteiger partial charge in [-0.3, -0.25) is 4.98 Å². The van der Waals surface area contributed by atoms with E-state index in [9.17, 15) is 0 Å². The molecule has 3 nitrogen and oxygen atoms in total. The average molecular weight is 564 g/mol. The summed E-state index contributed by atoms with van der Waals surface area (Å²) in [6.45, 7) is 0. The number of fused-ring (bicyclic) bond motifs is 3. The van der Waals surface area contributed by atoms with E-state index >= 15 is 0 Å². The molecule has 8 rings (SSSR count). The lowest BCUT2D eigenvalue weighted by atomic mass is 10.0. The SMILES string of the molecule is c1ccc(-c2cccc(N(c3ccccc3)c3cccc4c3c3ccccc3n4-c3ccc(-c4ccccn4)cc3)c2)cc1. The van der Waals surface area contributed by atoms with Gasteiger partial charge in [-0.15, -0.1) is 0 Å². The first kappa shape index (κ1) is 25.8. The highest BCUT2D eigenvalue weighted by Gasteiger charge is 2.21. The molecule has 3 heteroatoms. The van der Waals surface area contributed by atoms with Crippen LogP contribution in [0.5, 0.6) is 0 Å². The van der Waals surface area contributed by atoms with Gasteiger partial charge in [0.25, 0.3) is 0 Å². The molecule has 0 aliphatic rings. The van der Waals surface area contributed by atoms with Crippen LogP contribution in [0.1, 0.15) is 0 Å². The van der Waals surface area contributed by atoms with Crippen LogP contribution in [-0.2, 0) is 0 Å². The molecule has 0 aliphatic heterocycles. The van der Waals surface area contributed by atoms with Gasteiger partial charge in [0.05, 0.1) is 22.4 Å². The Balaban J connectivity index is 1.35. The molecule has 0 amide bonds. The van der Waals surface area contributed by atoms with E-state index in [4.69, 9.17) is 0 Å². The molecule has 8 aromatic rings. The van der Waals surface area contributed by atoms with Crippen LogP contribution in [0.2, 0.25) is 0 Å². The van der Waals surface area contributed by atoms with Gasteiger partial charge < -0.3 is 9.47 Å². The normalized spacial score (nSPS) is 11.2. The third-order valence-electron chi connectivity index (χ3n) is 8.23. The molecular formula is C41H29N3. The second-order valence-corrected chi connectivity index (χ2v) is 10.9. The largest absolute Gasteiger partial charge is 0.310 e. The van der Waals surface area contributed by atoms with E-state index in [2.05, 4.69) is 166 Å². The van der Waals surface area contributed by atoms with Crippen molar-refractivity contribution in [3.05, 3.63) is 176 Å². The highest BCUT2D eigenvalue weighted by atomic mass is 15.1. The van der Waals surface area contributed by atoms with Crippen molar-refractivity contribution >= 4 is 38.9 Å². The van der Waals surface area contributed by atoms with E-state index in [1.165, 1.54) is 27.4 Å². The van der Waals surface area contributed by atoms with Gasteiger partial charge in [-0.05, 0) is 77.9 Å². The lowest BCUT2D eigenvalue weighted by Gasteiger charge is -2.27. The number of anilines is 3. The van der Waals surface area contributed by atoms with Crippen LogP contribution in [0.15, 0.2) is 176 Å². The summed E-state index contributed by atoms with van der Waals surface area (Å²) in [6, 6.07) is 60.2. The molecule has 0 aliphatic carbocycles. The summed E-state index contributed by atoms with van der Waals surface area (Å²) in [5, 5.41) is 2.43. The highest BCUT2D eigenvalue weighted by Crippen LogP contribution is 2.44. The summed E-state index contributed by atoms with van der Waals surface area (Å²) in [4.78, 5) is 6.93. The zero-order valence-electron chi connectivity index (χ0n) is 24.1. The number of pyridine rings is 1. The first-order valence-electron chi connectivity index (χ1n) is 14.9. The van der Waals surface area contributed by atoms with E-state index in [0.29, 0.717) is 0 Å². The summed E-state index contributed by atoms with van der Waals surface area (Å²) >= 11 is 0. The maximum atomic E-state index is 4.54. The number of aromatic nitrogens is 2. The van der Waals surface area contributed by atoms with E-state index in [1.807, 2.05) is 24.4 Å². The first-order valence-corrected chi connectivity index (χ1v) is 14.9. The molecule has 0 saturated heterocycles. The summed E-state index contributed by atoms with van der Waals surface area (Å²) in [7, 11) is 0. The molecule has 0 spiro atoms. The van der Waals surface area contributed by atoms with Crippen LogP contribution in [0.4, 0.5) is 17.1 Å². The average Bonchev–Trinajstić information content (AvgIpc) is 3.45. The zero-order chi connectivity index (χ0) is 29.3. The Kier molecular flexibility index (Phi) is 6.47. The fourth-order valence-electron chi connectivity index (χ4n) is 6.24. The van der Waals surface area contributed by atoms with Crippen molar-refractivity contribution in [2.75, 3.05) is 4.90 Å². The topological polar surface area (TPSA) is 21.1 Å². The van der Waals surface area contributed by atoms with Gasteiger partial charge in [-0.25, -0.2) is 0 Å². The molecule has 0 fully saturated rings. The van der Waals surface area contributed by atoms with Crippen molar-refractivity contribution in [3.63, 3.8) is 0 Å². The van der Waals surface area contributed by atoms with Crippen LogP contribution in [-0.4, -0.2) is 9.55 Å². The molecule has 6 aromatic carbocycles. The second-order valence-electron chi connectivity index (χ2n) is 10.9. The third-order valence-corrected chi connectivity index (χ3v) is 8.23. The van der Waals surface area contributed by atoms with E-state index in [1.54, 1.807) is 0 Å². The number of benzene rings is 6. The van der Waals surface area contributed by atoms with Gasteiger partial charge in [0.2, 0.25) is 0 Å².